The molecule has 1 N–H and O–H groups in total. The molecule has 0 saturated carbocycles. The summed E-state index contributed by atoms with van der Waals surface area (Å²) in [4.78, 5) is 16.7. The molecule has 1 fully saturated rings. The first kappa shape index (κ1) is 17.8. The van der Waals surface area contributed by atoms with Gasteiger partial charge in [0.1, 0.15) is 17.4 Å². The van der Waals surface area contributed by atoms with Crippen molar-refractivity contribution in [3.05, 3.63) is 41.7 Å². The van der Waals surface area contributed by atoms with E-state index in [0.717, 1.165) is 0 Å². The highest BCUT2D eigenvalue weighted by Crippen LogP contribution is 2.33. The van der Waals surface area contributed by atoms with Crippen LogP contribution in [0.1, 0.15) is 18.4 Å². The number of nitriles is 1. The second-order valence-corrected chi connectivity index (χ2v) is 5.90. The van der Waals surface area contributed by atoms with Gasteiger partial charge in [-0.1, -0.05) is 18.2 Å². The molecule has 26 heavy (non-hydrogen) atoms. The van der Waals surface area contributed by atoms with Crippen LogP contribution in [0.2, 0.25) is 0 Å². The Hall–Kier alpha value is -2.98. The predicted molar refractivity (Wildman–Crippen MR) is 93.1 cm³/mol. The summed E-state index contributed by atoms with van der Waals surface area (Å²) < 4.78 is 24.7. The molecule has 1 amide bonds. The molecule has 0 unspecified atom stereocenters. The number of carbonyl (C=O) groups is 1. The molecule has 1 aliphatic rings. The van der Waals surface area contributed by atoms with Crippen LogP contribution in [-0.2, 0) is 9.53 Å². The first-order valence-corrected chi connectivity index (χ1v) is 8.26. The first-order chi connectivity index (χ1) is 12.6. The molecule has 2 heterocycles. The fourth-order valence-corrected chi connectivity index (χ4v) is 2.90. The Bertz CT molecular complexity index is 858. The van der Waals surface area contributed by atoms with Crippen LogP contribution in [0.4, 0.5) is 10.2 Å². The van der Waals surface area contributed by atoms with Crippen molar-refractivity contribution in [3.63, 3.8) is 0 Å². The summed E-state index contributed by atoms with van der Waals surface area (Å²) in [6, 6.07) is 9.63. The van der Waals surface area contributed by atoms with Gasteiger partial charge >= 0.3 is 0 Å². The summed E-state index contributed by atoms with van der Waals surface area (Å²) in [5, 5.41) is 12.3. The molecule has 1 saturated heterocycles. The zero-order valence-corrected chi connectivity index (χ0v) is 14.3. The van der Waals surface area contributed by atoms with E-state index in [1.807, 2.05) is 6.07 Å². The average Bonchev–Trinajstić information content (AvgIpc) is 2.68. The molecule has 0 atom stereocenters. The standard InChI is InChI=1S/C19H18FN3O3/c1-25-17-10-14(13-4-2-3-5-16(13)20)15(11-21)18(22-17)23-19(24)12-6-8-26-9-7-12/h2-5,10,12H,6-9H2,1H3,(H,22,23,24). The quantitative estimate of drug-likeness (QED) is 0.911. The van der Waals surface area contributed by atoms with Crippen LogP contribution in [0, 0.1) is 23.1 Å². The molecule has 134 valence electrons. The Kier molecular flexibility index (Phi) is 5.44. The summed E-state index contributed by atoms with van der Waals surface area (Å²) in [6.07, 6.45) is 1.22. The van der Waals surface area contributed by atoms with Crippen molar-refractivity contribution in [3.8, 4) is 23.1 Å². The average molecular weight is 355 g/mol. The Balaban J connectivity index is 2.02. The van der Waals surface area contributed by atoms with Gasteiger partial charge in [-0.25, -0.2) is 4.39 Å². The number of amides is 1. The Morgan fingerprint density at radius 2 is 2.08 bits per heavy atom. The summed E-state index contributed by atoms with van der Waals surface area (Å²) in [5.41, 5.74) is 0.655. The van der Waals surface area contributed by atoms with Crippen molar-refractivity contribution in [2.24, 2.45) is 5.92 Å². The largest absolute Gasteiger partial charge is 0.481 e. The van der Waals surface area contributed by atoms with Crippen LogP contribution >= 0.6 is 0 Å². The van der Waals surface area contributed by atoms with Gasteiger partial charge in [-0.05, 0) is 18.9 Å². The summed E-state index contributed by atoms with van der Waals surface area (Å²) in [7, 11) is 1.42. The number of nitrogens with one attached hydrogen (secondary N) is 1. The molecule has 7 heteroatoms. The lowest BCUT2D eigenvalue weighted by atomic mass is 9.98. The van der Waals surface area contributed by atoms with Crippen LogP contribution in [0.5, 0.6) is 5.88 Å². The number of carbonyl (C=O) groups excluding carboxylic acids is 1. The molecule has 0 spiro atoms. The highest BCUT2D eigenvalue weighted by molar-refractivity contribution is 5.94. The van der Waals surface area contributed by atoms with Crippen LogP contribution in [0.15, 0.2) is 30.3 Å². The van der Waals surface area contributed by atoms with E-state index in [9.17, 15) is 14.4 Å². The smallest absolute Gasteiger partial charge is 0.228 e. The number of benzene rings is 1. The van der Waals surface area contributed by atoms with Gasteiger partial charge < -0.3 is 14.8 Å². The number of ether oxygens (including phenoxy) is 2. The van der Waals surface area contributed by atoms with E-state index in [-0.39, 0.29) is 34.6 Å². The molecule has 6 nitrogen and oxygen atoms in total. The molecular formula is C19H18FN3O3. The van der Waals surface area contributed by atoms with Crippen LogP contribution in [0.3, 0.4) is 0 Å². The fourth-order valence-electron chi connectivity index (χ4n) is 2.90. The molecule has 0 radical (unpaired) electrons. The zero-order valence-electron chi connectivity index (χ0n) is 14.3. The minimum Gasteiger partial charge on any atom is -0.481 e. The maximum Gasteiger partial charge on any atom is 0.228 e. The van der Waals surface area contributed by atoms with E-state index in [1.54, 1.807) is 18.2 Å². The van der Waals surface area contributed by atoms with E-state index in [1.165, 1.54) is 19.2 Å². The Morgan fingerprint density at radius 3 is 2.73 bits per heavy atom. The van der Waals surface area contributed by atoms with Gasteiger partial charge in [0.15, 0.2) is 5.82 Å². The second-order valence-electron chi connectivity index (χ2n) is 5.90. The summed E-state index contributed by atoms with van der Waals surface area (Å²) >= 11 is 0. The summed E-state index contributed by atoms with van der Waals surface area (Å²) in [5.74, 6) is -0.657. The fraction of sp³-hybridized carbons (Fsp3) is 0.316. The SMILES string of the molecule is COc1cc(-c2ccccc2F)c(C#N)c(NC(=O)C2CCOCC2)n1. The number of methoxy groups -OCH3 is 1. The third-order valence-corrected chi connectivity index (χ3v) is 4.31. The molecule has 2 aromatic rings. The highest BCUT2D eigenvalue weighted by atomic mass is 19.1. The van der Waals surface area contributed by atoms with Gasteiger partial charge in [0, 0.05) is 36.3 Å². The zero-order chi connectivity index (χ0) is 18.5. The lowest BCUT2D eigenvalue weighted by Crippen LogP contribution is -2.29. The maximum absolute atomic E-state index is 14.2. The number of rotatable bonds is 4. The lowest BCUT2D eigenvalue weighted by molar-refractivity contribution is -0.122. The van der Waals surface area contributed by atoms with E-state index in [4.69, 9.17) is 9.47 Å². The van der Waals surface area contributed by atoms with Crippen molar-refractivity contribution in [2.75, 3.05) is 25.6 Å². The van der Waals surface area contributed by atoms with Crippen LogP contribution in [0.25, 0.3) is 11.1 Å². The molecule has 0 aliphatic carbocycles. The van der Waals surface area contributed by atoms with Crippen LogP contribution in [-0.4, -0.2) is 31.2 Å². The van der Waals surface area contributed by atoms with Crippen molar-refractivity contribution in [1.82, 2.24) is 4.98 Å². The number of hydrogen-bond acceptors (Lipinski definition) is 5. The van der Waals surface area contributed by atoms with Crippen molar-refractivity contribution < 1.29 is 18.7 Å². The normalized spacial score (nSPS) is 14.5. The molecule has 3 rings (SSSR count). The Labute approximate surface area is 150 Å². The van der Waals surface area contributed by atoms with Gasteiger partial charge in [-0.2, -0.15) is 10.2 Å². The van der Waals surface area contributed by atoms with E-state index in [0.29, 0.717) is 31.6 Å². The Morgan fingerprint density at radius 1 is 1.35 bits per heavy atom. The number of halogens is 1. The third-order valence-electron chi connectivity index (χ3n) is 4.31. The molecular weight excluding hydrogens is 337 g/mol. The number of anilines is 1. The number of nitrogens with zero attached hydrogens (tertiary/aromatic N) is 2. The monoisotopic (exact) mass is 355 g/mol. The topological polar surface area (TPSA) is 84.2 Å². The van der Waals surface area contributed by atoms with Crippen molar-refractivity contribution in [1.29, 1.82) is 5.26 Å². The molecule has 1 aromatic carbocycles. The van der Waals surface area contributed by atoms with Crippen LogP contribution < -0.4 is 10.1 Å². The minimum atomic E-state index is -0.473. The predicted octanol–water partition coefficient (Wildman–Crippen LogP) is 3.13. The van der Waals surface area contributed by atoms with Gasteiger partial charge in [0.25, 0.3) is 0 Å². The minimum absolute atomic E-state index is 0.0709. The van der Waals surface area contributed by atoms with Gasteiger partial charge in [-0.15, -0.1) is 0 Å². The molecule has 0 bridgehead atoms. The first-order valence-electron chi connectivity index (χ1n) is 8.26. The van der Waals surface area contributed by atoms with Crippen molar-refractivity contribution in [2.45, 2.75) is 12.8 Å². The maximum atomic E-state index is 14.2. The number of aromatic nitrogens is 1. The van der Waals surface area contributed by atoms with Gasteiger partial charge in [0.05, 0.1) is 7.11 Å². The second kappa shape index (κ2) is 7.93. The van der Waals surface area contributed by atoms with Gasteiger partial charge in [-0.3, -0.25) is 4.79 Å². The number of hydrogen-bond donors (Lipinski definition) is 1. The lowest BCUT2D eigenvalue weighted by Gasteiger charge is -2.21. The van der Waals surface area contributed by atoms with Crippen molar-refractivity contribution >= 4 is 11.7 Å². The number of pyridine rings is 1. The van der Waals surface area contributed by atoms with E-state index >= 15 is 0 Å². The molecule has 1 aliphatic heterocycles. The highest BCUT2D eigenvalue weighted by Gasteiger charge is 2.24. The summed E-state index contributed by atoms with van der Waals surface area (Å²) in [6.45, 7) is 1.05. The third kappa shape index (κ3) is 3.65. The van der Waals surface area contributed by atoms with E-state index in [2.05, 4.69) is 10.3 Å². The molecule has 1 aromatic heterocycles. The van der Waals surface area contributed by atoms with E-state index < -0.39 is 5.82 Å². The van der Waals surface area contributed by atoms with Gasteiger partial charge in [0.2, 0.25) is 11.8 Å².